The number of aryl methyl sites for hydroxylation is 2. The molecule has 5 heteroatoms. The maximum Gasteiger partial charge on any atom is 0.269 e. The molecule has 16 heavy (non-hydrogen) atoms. The molecule has 0 radical (unpaired) electrons. The Morgan fingerprint density at radius 3 is 3.12 bits per heavy atom. The molecule has 1 N–H and O–H groups in total. The molecule has 1 amide bonds. The SMILES string of the molecule is Cc1ncn(C)c1C(=O)NC[C@H]1CCOC1. The fourth-order valence-electron chi connectivity index (χ4n) is 1.94. The van der Waals surface area contributed by atoms with Crippen molar-refractivity contribution in [1.82, 2.24) is 14.9 Å². The molecule has 1 aliphatic rings. The number of amides is 1. The summed E-state index contributed by atoms with van der Waals surface area (Å²) in [6.45, 7) is 4.09. The number of nitrogens with zero attached hydrogens (tertiary/aromatic N) is 2. The molecule has 1 fully saturated rings. The quantitative estimate of drug-likeness (QED) is 0.811. The van der Waals surface area contributed by atoms with Gasteiger partial charge in [0.2, 0.25) is 0 Å². The summed E-state index contributed by atoms with van der Waals surface area (Å²) < 4.78 is 7.00. The molecule has 88 valence electrons. The molecule has 0 aromatic carbocycles. The van der Waals surface area contributed by atoms with Crippen LogP contribution >= 0.6 is 0 Å². The van der Waals surface area contributed by atoms with Crippen LogP contribution in [0.25, 0.3) is 0 Å². The summed E-state index contributed by atoms with van der Waals surface area (Å²) >= 11 is 0. The van der Waals surface area contributed by atoms with Crippen LogP contribution in [-0.2, 0) is 11.8 Å². The molecular formula is C11H17N3O2. The number of rotatable bonds is 3. The summed E-state index contributed by atoms with van der Waals surface area (Å²) in [6, 6.07) is 0. The number of hydrogen-bond donors (Lipinski definition) is 1. The van der Waals surface area contributed by atoms with Crippen molar-refractivity contribution in [1.29, 1.82) is 0 Å². The van der Waals surface area contributed by atoms with E-state index in [0.29, 0.717) is 18.2 Å². The van der Waals surface area contributed by atoms with Crippen LogP contribution in [-0.4, -0.2) is 35.2 Å². The summed E-state index contributed by atoms with van der Waals surface area (Å²) in [5.41, 5.74) is 1.40. The molecule has 0 aliphatic carbocycles. The molecule has 0 spiro atoms. The molecule has 1 aromatic heterocycles. The van der Waals surface area contributed by atoms with Gasteiger partial charge in [-0.1, -0.05) is 0 Å². The lowest BCUT2D eigenvalue weighted by molar-refractivity contribution is 0.0936. The predicted molar refractivity (Wildman–Crippen MR) is 59.2 cm³/mol. The number of imidazole rings is 1. The molecule has 2 rings (SSSR count). The van der Waals surface area contributed by atoms with Crippen molar-refractivity contribution in [3.8, 4) is 0 Å². The Balaban J connectivity index is 1.92. The topological polar surface area (TPSA) is 56.2 Å². The van der Waals surface area contributed by atoms with E-state index in [0.717, 1.165) is 25.3 Å². The van der Waals surface area contributed by atoms with Gasteiger partial charge in [0.1, 0.15) is 5.69 Å². The van der Waals surface area contributed by atoms with E-state index in [4.69, 9.17) is 4.74 Å². The molecule has 1 saturated heterocycles. The molecule has 1 aromatic rings. The average Bonchev–Trinajstić information content (AvgIpc) is 2.86. The van der Waals surface area contributed by atoms with E-state index in [-0.39, 0.29) is 5.91 Å². The van der Waals surface area contributed by atoms with Gasteiger partial charge in [0.25, 0.3) is 5.91 Å². The first-order valence-electron chi connectivity index (χ1n) is 5.52. The van der Waals surface area contributed by atoms with Crippen LogP contribution in [0.15, 0.2) is 6.33 Å². The molecule has 0 saturated carbocycles. The second-order valence-electron chi connectivity index (χ2n) is 4.23. The second-order valence-corrected chi connectivity index (χ2v) is 4.23. The predicted octanol–water partition coefficient (Wildman–Crippen LogP) is 0.495. The normalized spacial score (nSPS) is 20.0. The van der Waals surface area contributed by atoms with E-state index in [1.807, 2.05) is 14.0 Å². The lowest BCUT2D eigenvalue weighted by Gasteiger charge is -2.10. The summed E-state index contributed by atoms with van der Waals surface area (Å²) in [4.78, 5) is 16.0. The van der Waals surface area contributed by atoms with Gasteiger partial charge in [0, 0.05) is 26.1 Å². The largest absolute Gasteiger partial charge is 0.381 e. The van der Waals surface area contributed by atoms with Crippen LogP contribution in [0.5, 0.6) is 0 Å². The lowest BCUT2D eigenvalue weighted by atomic mass is 10.1. The maximum absolute atomic E-state index is 11.9. The Kier molecular flexibility index (Phi) is 3.24. The number of nitrogens with one attached hydrogen (secondary N) is 1. The van der Waals surface area contributed by atoms with Crippen molar-refractivity contribution in [2.45, 2.75) is 13.3 Å². The Bertz CT molecular complexity index is 361. The Morgan fingerprint density at radius 1 is 1.75 bits per heavy atom. The van der Waals surface area contributed by atoms with E-state index in [2.05, 4.69) is 10.3 Å². The Hall–Kier alpha value is -1.36. The van der Waals surface area contributed by atoms with Gasteiger partial charge < -0.3 is 14.6 Å². The molecule has 0 unspecified atom stereocenters. The Morgan fingerprint density at radius 2 is 2.56 bits per heavy atom. The van der Waals surface area contributed by atoms with Crippen LogP contribution < -0.4 is 5.32 Å². The monoisotopic (exact) mass is 223 g/mol. The molecule has 2 heterocycles. The highest BCUT2D eigenvalue weighted by atomic mass is 16.5. The van der Waals surface area contributed by atoms with Crippen molar-refractivity contribution >= 4 is 5.91 Å². The Labute approximate surface area is 94.8 Å². The molecule has 1 atom stereocenters. The van der Waals surface area contributed by atoms with Crippen LogP contribution in [0.3, 0.4) is 0 Å². The standard InChI is InChI=1S/C11H17N3O2/c1-8-10(14(2)7-13-8)11(15)12-5-9-3-4-16-6-9/h7,9H,3-6H2,1-2H3,(H,12,15)/t9-/m1/s1. The molecule has 1 aliphatic heterocycles. The van der Waals surface area contributed by atoms with Crippen LogP contribution in [0, 0.1) is 12.8 Å². The van der Waals surface area contributed by atoms with Crippen LogP contribution in [0.2, 0.25) is 0 Å². The van der Waals surface area contributed by atoms with Crippen molar-refractivity contribution in [3.63, 3.8) is 0 Å². The van der Waals surface area contributed by atoms with Gasteiger partial charge in [0.05, 0.1) is 18.6 Å². The van der Waals surface area contributed by atoms with E-state index in [1.165, 1.54) is 0 Å². The zero-order chi connectivity index (χ0) is 11.5. The minimum atomic E-state index is -0.0515. The van der Waals surface area contributed by atoms with Gasteiger partial charge in [-0.3, -0.25) is 4.79 Å². The van der Waals surface area contributed by atoms with E-state index < -0.39 is 0 Å². The number of carbonyl (C=O) groups excluding carboxylic acids is 1. The third-order valence-corrected chi connectivity index (χ3v) is 2.91. The highest BCUT2D eigenvalue weighted by molar-refractivity contribution is 5.93. The van der Waals surface area contributed by atoms with Gasteiger partial charge >= 0.3 is 0 Å². The van der Waals surface area contributed by atoms with Gasteiger partial charge in [-0.05, 0) is 13.3 Å². The minimum Gasteiger partial charge on any atom is -0.381 e. The highest BCUT2D eigenvalue weighted by Crippen LogP contribution is 2.11. The zero-order valence-electron chi connectivity index (χ0n) is 9.69. The minimum absolute atomic E-state index is 0.0515. The first kappa shape index (κ1) is 11.1. The van der Waals surface area contributed by atoms with Crippen molar-refractivity contribution in [3.05, 3.63) is 17.7 Å². The van der Waals surface area contributed by atoms with E-state index in [9.17, 15) is 4.79 Å². The molecule has 5 nitrogen and oxygen atoms in total. The summed E-state index contributed by atoms with van der Waals surface area (Å²) in [5.74, 6) is 0.405. The van der Waals surface area contributed by atoms with Crippen LogP contribution in [0.4, 0.5) is 0 Å². The number of aromatic nitrogens is 2. The fourth-order valence-corrected chi connectivity index (χ4v) is 1.94. The maximum atomic E-state index is 11.9. The van der Waals surface area contributed by atoms with E-state index >= 15 is 0 Å². The second kappa shape index (κ2) is 4.65. The van der Waals surface area contributed by atoms with E-state index in [1.54, 1.807) is 10.9 Å². The van der Waals surface area contributed by atoms with Crippen molar-refractivity contribution < 1.29 is 9.53 Å². The molecular weight excluding hydrogens is 206 g/mol. The first-order valence-corrected chi connectivity index (χ1v) is 5.52. The number of hydrogen-bond acceptors (Lipinski definition) is 3. The third-order valence-electron chi connectivity index (χ3n) is 2.91. The summed E-state index contributed by atoms with van der Waals surface area (Å²) in [6.07, 6.45) is 2.69. The summed E-state index contributed by atoms with van der Waals surface area (Å²) in [5, 5.41) is 2.93. The summed E-state index contributed by atoms with van der Waals surface area (Å²) in [7, 11) is 1.83. The van der Waals surface area contributed by atoms with Crippen molar-refractivity contribution in [2.75, 3.05) is 19.8 Å². The van der Waals surface area contributed by atoms with Crippen molar-refractivity contribution in [2.24, 2.45) is 13.0 Å². The number of ether oxygens (including phenoxy) is 1. The van der Waals surface area contributed by atoms with Gasteiger partial charge in [-0.2, -0.15) is 0 Å². The smallest absolute Gasteiger partial charge is 0.269 e. The van der Waals surface area contributed by atoms with Gasteiger partial charge in [-0.15, -0.1) is 0 Å². The molecule has 0 bridgehead atoms. The van der Waals surface area contributed by atoms with Gasteiger partial charge in [0.15, 0.2) is 0 Å². The number of carbonyl (C=O) groups is 1. The zero-order valence-corrected chi connectivity index (χ0v) is 9.69. The first-order chi connectivity index (χ1) is 7.68. The van der Waals surface area contributed by atoms with Gasteiger partial charge in [-0.25, -0.2) is 4.98 Å². The third kappa shape index (κ3) is 2.24. The van der Waals surface area contributed by atoms with Crippen LogP contribution in [0.1, 0.15) is 22.6 Å². The fraction of sp³-hybridized carbons (Fsp3) is 0.636. The average molecular weight is 223 g/mol. The lowest BCUT2D eigenvalue weighted by Crippen LogP contribution is -2.31. The highest BCUT2D eigenvalue weighted by Gasteiger charge is 2.19.